The number of amides is 1. The highest BCUT2D eigenvalue weighted by molar-refractivity contribution is 7.89. The van der Waals surface area contributed by atoms with Crippen molar-refractivity contribution in [3.63, 3.8) is 0 Å². The van der Waals surface area contributed by atoms with Crippen LogP contribution in [0.3, 0.4) is 0 Å². The number of aromatic nitrogens is 1. The Hall–Kier alpha value is -1.87. The molecule has 0 spiro atoms. The highest BCUT2D eigenvalue weighted by Gasteiger charge is 2.45. The lowest BCUT2D eigenvalue weighted by Crippen LogP contribution is -2.47. The number of nitrogens with one attached hydrogen (secondary N) is 1. The van der Waals surface area contributed by atoms with Gasteiger partial charge >= 0.3 is 6.09 Å². The predicted octanol–water partition coefficient (Wildman–Crippen LogP) is 3.74. The van der Waals surface area contributed by atoms with E-state index in [0.29, 0.717) is 24.8 Å². The lowest BCUT2D eigenvalue weighted by Gasteiger charge is -2.36. The SMILES string of the molecule is CCCC1(C)CC(CCCNc2cccc(S(N)(=O)=O)n2)CN1C(=O)OC(C)(C)C. The summed E-state index contributed by atoms with van der Waals surface area (Å²) in [5.41, 5.74) is -0.689. The van der Waals surface area contributed by atoms with Crippen molar-refractivity contribution in [3.05, 3.63) is 18.2 Å². The van der Waals surface area contributed by atoms with Gasteiger partial charge in [0.25, 0.3) is 10.0 Å². The monoisotopic (exact) mass is 440 g/mol. The van der Waals surface area contributed by atoms with Gasteiger partial charge in [0, 0.05) is 18.6 Å². The van der Waals surface area contributed by atoms with Crippen LogP contribution >= 0.6 is 0 Å². The molecule has 1 aliphatic rings. The summed E-state index contributed by atoms with van der Waals surface area (Å²) >= 11 is 0. The Morgan fingerprint density at radius 3 is 2.70 bits per heavy atom. The minimum atomic E-state index is -3.82. The quantitative estimate of drug-likeness (QED) is 0.595. The van der Waals surface area contributed by atoms with E-state index in [1.165, 1.54) is 6.07 Å². The third-order valence-corrected chi connectivity index (χ3v) is 6.14. The van der Waals surface area contributed by atoms with Gasteiger partial charge in [0.05, 0.1) is 0 Å². The summed E-state index contributed by atoms with van der Waals surface area (Å²) in [6, 6.07) is 4.70. The van der Waals surface area contributed by atoms with E-state index in [9.17, 15) is 13.2 Å². The Kier molecular flexibility index (Phi) is 7.74. The molecule has 2 unspecified atom stereocenters. The Balaban J connectivity index is 1.91. The number of carbonyl (C=O) groups is 1. The van der Waals surface area contributed by atoms with Crippen LogP contribution in [0.25, 0.3) is 0 Å². The van der Waals surface area contributed by atoms with Gasteiger partial charge in [-0.2, -0.15) is 0 Å². The number of hydrogen-bond donors (Lipinski definition) is 2. The summed E-state index contributed by atoms with van der Waals surface area (Å²) < 4.78 is 28.5. The van der Waals surface area contributed by atoms with Crippen molar-refractivity contribution in [2.45, 2.75) is 82.9 Å². The highest BCUT2D eigenvalue weighted by atomic mass is 32.2. The molecule has 1 aliphatic heterocycles. The van der Waals surface area contributed by atoms with Crippen LogP contribution in [0.1, 0.15) is 66.7 Å². The molecule has 0 bridgehead atoms. The first-order valence-electron chi connectivity index (χ1n) is 10.6. The number of nitrogens with zero attached hydrogens (tertiary/aromatic N) is 2. The van der Waals surface area contributed by atoms with Crippen molar-refractivity contribution < 1.29 is 17.9 Å². The number of pyridine rings is 1. The van der Waals surface area contributed by atoms with Gasteiger partial charge in [-0.3, -0.25) is 0 Å². The molecule has 170 valence electrons. The molecule has 0 aromatic carbocycles. The minimum absolute atomic E-state index is 0.147. The van der Waals surface area contributed by atoms with E-state index in [0.717, 1.165) is 32.1 Å². The standard InChI is InChI=1S/C21H36N4O4S/c1-6-12-21(5)14-16(15-25(21)19(26)29-20(2,3)4)9-8-13-23-17-10-7-11-18(24-17)30(22,27)28/h7,10-11,16H,6,8-9,12-15H2,1-5H3,(H,23,24)(H2,22,27,28). The Morgan fingerprint density at radius 2 is 2.10 bits per heavy atom. The van der Waals surface area contributed by atoms with Crippen molar-refractivity contribution in [1.82, 2.24) is 9.88 Å². The number of rotatable bonds is 8. The van der Waals surface area contributed by atoms with E-state index in [-0.39, 0.29) is 16.7 Å². The third-order valence-electron chi connectivity index (χ3n) is 5.33. The zero-order valence-electron chi connectivity index (χ0n) is 18.8. The molecular formula is C21H36N4O4S. The number of sulfonamides is 1. The van der Waals surface area contributed by atoms with Crippen LogP contribution in [0, 0.1) is 5.92 Å². The van der Waals surface area contributed by atoms with E-state index in [1.807, 2.05) is 25.7 Å². The maximum atomic E-state index is 12.7. The second-order valence-electron chi connectivity index (χ2n) is 9.38. The fraction of sp³-hybridized carbons (Fsp3) is 0.714. The van der Waals surface area contributed by atoms with Gasteiger partial charge in [0.2, 0.25) is 0 Å². The van der Waals surface area contributed by atoms with Crippen LogP contribution in [0.5, 0.6) is 0 Å². The number of carbonyl (C=O) groups excluding carboxylic acids is 1. The third kappa shape index (κ3) is 6.84. The van der Waals surface area contributed by atoms with E-state index in [2.05, 4.69) is 24.1 Å². The van der Waals surface area contributed by atoms with Crippen LogP contribution in [0.15, 0.2) is 23.2 Å². The van der Waals surface area contributed by atoms with Crippen molar-refractivity contribution in [2.75, 3.05) is 18.4 Å². The van der Waals surface area contributed by atoms with E-state index < -0.39 is 15.6 Å². The second kappa shape index (κ2) is 9.51. The summed E-state index contributed by atoms with van der Waals surface area (Å²) in [5, 5.41) is 8.14. The Morgan fingerprint density at radius 1 is 1.40 bits per heavy atom. The molecular weight excluding hydrogens is 404 g/mol. The second-order valence-corrected chi connectivity index (χ2v) is 10.9. The molecule has 9 heteroatoms. The summed E-state index contributed by atoms with van der Waals surface area (Å²) in [4.78, 5) is 18.7. The number of hydrogen-bond acceptors (Lipinski definition) is 6. The highest BCUT2D eigenvalue weighted by Crippen LogP contribution is 2.39. The average Bonchev–Trinajstić information content (AvgIpc) is 2.94. The zero-order valence-corrected chi connectivity index (χ0v) is 19.6. The van der Waals surface area contributed by atoms with Gasteiger partial charge in [-0.15, -0.1) is 0 Å². The molecule has 1 fully saturated rings. The average molecular weight is 441 g/mol. The molecule has 3 N–H and O–H groups in total. The molecule has 0 radical (unpaired) electrons. The normalized spacial score (nSPS) is 22.2. The molecule has 0 saturated carbocycles. The molecule has 1 aromatic heterocycles. The summed E-state index contributed by atoms with van der Waals surface area (Å²) in [7, 11) is -3.82. The van der Waals surface area contributed by atoms with Crippen LogP contribution in [0.2, 0.25) is 0 Å². The van der Waals surface area contributed by atoms with E-state index in [1.54, 1.807) is 12.1 Å². The molecule has 2 atom stereocenters. The first kappa shape index (κ1) is 24.4. The van der Waals surface area contributed by atoms with Gasteiger partial charge < -0.3 is 15.0 Å². The van der Waals surface area contributed by atoms with E-state index in [4.69, 9.17) is 9.88 Å². The largest absolute Gasteiger partial charge is 0.444 e. The fourth-order valence-corrected chi connectivity index (χ4v) is 4.63. The van der Waals surface area contributed by atoms with Crippen molar-refractivity contribution in [1.29, 1.82) is 0 Å². The molecule has 1 amide bonds. The first-order valence-corrected chi connectivity index (χ1v) is 12.1. The number of primary sulfonamides is 1. The lowest BCUT2D eigenvalue weighted by molar-refractivity contribution is 0.00904. The molecule has 1 saturated heterocycles. The van der Waals surface area contributed by atoms with Crippen LogP contribution in [0.4, 0.5) is 10.6 Å². The number of anilines is 1. The van der Waals surface area contributed by atoms with Gasteiger partial charge in [-0.1, -0.05) is 19.4 Å². The van der Waals surface area contributed by atoms with Crippen molar-refractivity contribution >= 4 is 21.9 Å². The molecule has 2 rings (SSSR count). The van der Waals surface area contributed by atoms with Crippen LogP contribution in [-0.4, -0.2) is 48.6 Å². The van der Waals surface area contributed by atoms with Gasteiger partial charge in [0.1, 0.15) is 11.4 Å². The predicted molar refractivity (Wildman–Crippen MR) is 118 cm³/mol. The lowest BCUT2D eigenvalue weighted by atomic mass is 9.88. The van der Waals surface area contributed by atoms with Gasteiger partial charge in [-0.25, -0.2) is 23.3 Å². The fourth-order valence-electron chi connectivity index (χ4n) is 4.14. The molecule has 8 nitrogen and oxygen atoms in total. The molecule has 0 aliphatic carbocycles. The number of likely N-dealkylation sites (tertiary alicyclic amines) is 1. The van der Waals surface area contributed by atoms with Crippen LogP contribution in [-0.2, 0) is 14.8 Å². The number of ether oxygens (including phenoxy) is 1. The maximum Gasteiger partial charge on any atom is 0.410 e. The topological polar surface area (TPSA) is 115 Å². The van der Waals surface area contributed by atoms with E-state index >= 15 is 0 Å². The minimum Gasteiger partial charge on any atom is -0.444 e. The Labute approximate surface area is 180 Å². The number of nitrogens with two attached hydrogens (primary N) is 1. The smallest absolute Gasteiger partial charge is 0.410 e. The Bertz CT molecular complexity index is 838. The molecule has 1 aromatic rings. The summed E-state index contributed by atoms with van der Waals surface area (Å²) in [6.45, 7) is 11.3. The van der Waals surface area contributed by atoms with Gasteiger partial charge in [0.15, 0.2) is 5.03 Å². The summed E-state index contributed by atoms with van der Waals surface area (Å²) in [6.07, 6.45) is 4.53. The van der Waals surface area contributed by atoms with Crippen LogP contribution < -0.4 is 10.5 Å². The van der Waals surface area contributed by atoms with Crippen molar-refractivity contribution in [3.8, 4) is 0 Å². The first-order chi connectivity index (χ1) is 13.8. The molecule has 2 heterocycles. The maximum absolute atomic E-state index is 12.7. The summed E-state index contributed by atoms with van der Waals surface area (Å²) in [5.74, 6) is 0.888. The zero-order chi connectivity index (χ0) is 22.6. The molecule has 30 heavy (non-hydrogen) atoms. The van der Waals surface area contributed by atoms with Gasteiger partial charge in [-0.05, 0) is 71.4 Å². The van der Waals surface area contributed by atoms with Crippen molar-refractivity contribution in [2.24, 2.45) is 11.1 Å².